The molecule has 1 aromatic heterocycles. The molecule has 0 amide bonds. The average Bonchev–Trinajstić information content (AvgIpc) is 2.72. The number of furan rings is 1. The molecular weight excluding hydrogens is 200 g/mol. The summed E-state index contributed by atoms with van der Waals surface area (Å²) in [7, 11) is 0. The maximum atomic E-state index is 11.1. The lowest BCUT2D eigenvalue weighted by Gasteiger charge is -1.80. The van der Waals surface area contributed by atoms with E-state index in [1.807, 2.05) is 6.92 Å². The Hall–Kier alpha value is -2.19. The van der Waals surface area contributed by atoms with Crippen molar-refractivity contribution in [3.8, 4) is 23.7 Å². The highest BCUT2D eigenvalue weighted by Crippen LogP contribution is 1.81. The van der Waals surface area contributed by atoms with Crippen molar-refractivity contribution in [2.75, 3.05) is 0 Å². The Morgan fingerprint density at radius 1 is 1.38 bits per heavy atom. The van der Waals surface area contributed by atoms with Gasteiger partial charge in [0.1, 0.15) is 10.8 Å². The van der Waals surface area contributed by atoms with E-state index in [9.17, 15) is 4.79 Å². The number of hydrogen-bond donors (Lipinski definition) is 0. The van der Waals surface area contributed by atoms with Crippen molar-refractivity contribution in [2.24, 2.45) is 0 Å². The van der Waals surface area contributed by atoms with E-state index in [-0.39, 0.29) is 5.78 Å². The first kappa shape index (κ1) is 11.9. The van der Waals surface area contributed by atoms with E-state index in [1.54, 1.807) is 25.1 Å². The molecule has 2 nitrogen and oxygen atoms in total. The molecule has 0 aliphatic carbocycles. The zero-order chi connectivity index (χ0) is 11.8. The van der Waals surface area contributed by atoms with Gasteiger partial charge in [-0.15, -0.1) is 0 Å². The standard InChI is InChI=1S/C14H12O2/c1-3-5-6-7-8-13-9-10-14(16-13)11-12(15)4-2/h8-11H,4H2,1-2H3/b13-8+,14-11-. The molecule has 1 heterocycles. The van der Waals surface area contributed by atoms with Gasteiger partial charge in [-0.2, -0.15) is 0 Å². The van der Waals surface area contributed by atoms with E-state index in [0.717, 1.165) is 0 Å². The van der Waals surface area contributed by atoms with Gasteiger partial charge in [0.2, 0.25) is 0 Å². The summed E-state index contributed by atoms with van der Waals surface area (Å²) < 4.78 is 5.35. The molecular formula is C14H12O2. The van der Waals surface area contributed by atoms with Gasteiger partial charge in [0.15, 0.2) is 5.78 Å². The number of Topliss-reactive ketones (excluding diaryl/α,β-unsaturated/α-hetero) is 1. The minimum atomic E-state index is 0.0452. The molecule has 0 aliphatic heterocycles. The normalized spacial score (nSPS) is 11.4. The SMILES string of the molecule is CC#CC#C/C=c1\cc/c(=C/C(=O)CC)o1. The van der Waals surface area contributed by atoms with Crippen LogP contribution in [0.25, 0.3) is 12.2 Å². The van der Waals surface area contributed by atoms with E-state index >= 15 is 0 Å². The van der Waals surface area contributed by atoms with Crippen LogP contribution in [0.15, 0.2) is 16.5 Å². The molecule has 0 saturated heterocycles. The molecule has 1 aromatic rings. The number of hydrogen-bond acceptors (Lipinski definition) is 2. The van der Waals surface area contributed by atoms with Gasteiger partial charge in [-0.05, 0) is 30.9 Å². The summed E-state index contributed by atoms with van der Waals surface area (Å²) >= 11 is 0. The van der Waals surface area contributed by atoms with Crippen LogP contribution in [0.5, 0.6) is 0 Å². The number of ketones is 1. The second-order valence-electron chi connectivity index (χ2n) is 2.99. The molecule has 0 aliphatic rings. The molecule has 1 rings (SSSR count). The van der Waals surface area contributed by atoms with Crippen LogP contribution in [-0.4, -0.2) is 5.78 Å². The summed E-state index contributed by atoms with van der Waals surface area (Å²) in [4.78, 5) is 11.1. The molecule has 16 heavy (non-hydrogen) atoms. The fourth-order valence-corrected chi connectivity index (χ4v) is 0.990. The third-order valence-corrected chi connectivity index (χ3v) is 1.77. The summed E-state index contributed by atoms with van der Waals surface area (Å²) in [6, 6.07) is 3.51. The van der Waals surface area contributed by atoms with Gasteiger partial charge in [-0.25, -0.2) is 0 Å². The minimum absolute atomic E-state index is 0.0452. The van der Waals surface area contributed by atoms with Gasteiger partial charge in [0, 0.05) is 18.6 Å². The molecule has 80 valence electrons. The van der Waals surface area contributed by atoms with Crippen LogP contribution < -0.4 is 10.8 Å². The molecule has 0 bridgehead atoms. The molecule has 2 heteroatoms. The van der Waals surface area contributed by atoms with Gasteiger partial charge < -0.3 is 4.42 Å². The maximum absolute atomic E-state index is 11.1. The summed E-state index contributed by atoms with van der Waals surface area (Å²) in [6.45, 7) is 3.54. The van der Waals surface area contributed by atoms with Crippen molar-refractivity contribution >= 4 is 17.9 Å². The molecule has 0 unspecified atom stereocenters. The third-order valence-electron chi connectivity index (χ3n) is 1.77. The fraction of sp³-hybridized carbons (Fsp3) is 0.214. The summed E-state index contributed by atoms with van der Waals surface area (Å²) in [5, 5.41) is 0. The monoisotopic (exact) mass is 212 g/mol. The molecule has 0 spiro atoms. The second-order valence-corrected chi connectivity index (χ2v) is 2.99. The van der Waals surface area contributed by atoms with Crippen LogP contribution in [0.1, 0.15) is 20.3 Å². The summed E-state index contributed by atoms with van der Waals surface area (Å²) in [6.07, 6.45) is 3.58. The van der Waals surface area contributed by atoms with E-state index in [2.05, 4.69) is 23.7 Å². The average molecular weight is 212 g/mol. The Balaban J connectivity index is 2.95. The van der Waals surface area contributed by atoms with Gasteiger partial charge in [-0.3, -0.25) is 4.79 Å². The smallest absolute Gasteiger partial charge is 0.159 e. The van der Waals surface area contributed by atoms with E-state index in [4.69, 9.17) is 4.42 Å². The molecule has 0 N–H and O–H groups in total. The van der Waals surface area contributed by atoms with Gasteiger partial charge in [0.25, 0.3) is 0 Å². The minimum Gasteiger partial charge on any atom is -0.457 e. The Bertz CT molecular complexity index is 595. The molecule has 0 aromatic carbocycles. The summed E-state index contributed by atoms with van der Waals surface area (Å²) in [5.74, 6) is 10.7. The lowest BCUT2D eigenvalue weighted by molar-refractivity contribution is -0.113. The largest absolute Gasteiger partial charge is 0.457 e. The van der Waals surface area contributed by atoms with Crippen molar-refractivity contribution in [1.29, 1.82) is 0 Å². The van der Waals surface area contributed by atoms with E-state index in [0.29, 0.717) is 17.3 Å². The van der Waals surface area contributed by atoms with Gasteiger partial charge in [0.05, 0.1) is 0 Å². The van der Waals surface area contributed by atoms with Crippen molar-refractivity contribution < 1.29 is 9.21 Å². The Kier molecular flexibility index (Phi) is 4.70. The zero-order valence-electron chi connectivity index (χ0n) is 9.33. The zero-order valence-corrected chi connectivity index (χ0v) is 9.33. The first-order valence-electron chi connectivity index (χ1n) is 4.99. The van der Waals surface area contributed by atoms with Crippen molar-refractivity contribution in [3.05, 3.63) is 23.0 Å². The lowest BCUT2D eigenvalue weighted by atomic mass is 10.3. The second kappa shape index (κ2) is 6.32. The van der Waals surface area contributed by atoms with Crippen molar-refractivity contribution in [1.82, 2.24) is 0 Å². The number of carbonyl (C=O) groups excluding carboxylic acids is 1. The predicted octanol–water partition coefficient (Wildman–Crippen LogP) is 0.846. The van der Waals surface area contributed by atoms with E-state index < -0.39 is 0 Å². The summed E-state index contributed by atoms with van der Waals surface area (Å²) in [5.41, 5.74) is 1.18. The van der Waals surface area contributed by atoms with Crippen LogP contribution in [0.2, 0.25) is 0 Å². The Morgan fingerprint density at radius 3 is 2.81 bits per heavy atom. The maximum Gasteiger partial charge on any atom is 0.159 e. The topological polar surface area (TPSA) is 30.2 Å². The fourth-order valence-electron chi connectivity index (χ4n) is 0.990. The van der Waals surface area contributed by atoms with Crippen LogP contribution >= 0.6 is 0 Å². The van der Waals surface area contributed by atoms with Gasteiger partial charge in [-0.1, -0.05) is 18.8 Å². The van der Waals surface area contributed by atoms with Crippen LogP contribution in [0.4, 0.5) is 0 Å². The van der Waals surface area contributed by atoms with Crippen LogP contribution in [-0.2, 0) is 4.79 Å². The van der Waals surface area contributed by atoms with Crippen molar-refractivity contribution in [2.45, 2.75) is 20.3 Å². The molecule has 0 atom stereocenters. The first-order valence-corrected chi connectivity index (χ1v) is 4.99. The van der Waals surface area contributed by atoms with Crippen LogP contribution in [0.3, 0.4) is 0 Å². The van der Waals surface area contributed by atoms with Gasteiger partial charge >= 0.3 is 0 Å². The van der Waals surface area contributed by atoms with E-state index in [1.165, 1.54) is 6.08 Å². The Morgan fingerprint density at radius 2 is 2.12 bits per heavy atom. The quantitative estimate of drug-likeness (QED) is 0.680. The number of rotatable bonds is 2. The highest BCUT2D eigenvalue weighted by molar-refractivity contribution is 6.05. The van der Waals surface area contributed by atoms with Crippen LogP contribution in [0, 0.1) is 23.7 Å². The predicted molar refractivity (Wildman–Crippen MR) is 63.4 cm³/mol. The molecule has 0 radical (unpaired) electrons. The third kappa shape index (κ3) is 3.90. The van der Waals surface area contributed by atoms with Crippen molar-refractivity contribution in [3.63, 3.8) is 0 Å². The first-order chi connectivity index (χ1) is 7.76. The highest BCUT2D eigenvalue weighted by atomic mass is 16.3. The Labute approximate surface area is 94.7 Å². The molecule has 0 fully saturated rings. The lowest BCUT2D eigenvalue weighted by Crippen LogP contribution is -2.02. The highest BCUT2D eigenvalue weighted by Gasteiger charge is 1.92. The number of carbonyl (C=O) groups is 1. The molecule has 0 saturated carbocycles.